The molecule has 0 N–H and O–H groups in total. The largest absolute Gasteiger partial charge is 0.300 e. The number of carbonyl (C=O) groups is 1. The van der Waals surface area contributed by atoms with Crippen molar-refractivity contribution in [2.24, 2.45) is 0 Å². The molecule has 1 aromatic rings. The maximum atomic E-state index is 11.1. The Morgan fingerprint density at radius 2 is 2.19 bits per heavy atom. The average Bonchev–Trinajstić information content (AvgIpc) is 3.10. The fourth-order valence-electron chi connectivity index (χ4n) is 2.23. The van der Waals surface area contributed by atoms with E-state index in [2.05, 4.69) is 21.9 Å². The standard InChI is InChI=1S/C12H15N3O/c1-15-5-4-9-10(6-15)13-12(8-2-3-8)14-11(9)7-16/h7-8H,2-6H2,1H3. The fourth-order valence-corrected chi connectivity index (χ4v) is 2.23. The molecule has 1 saturated carbocycles. The maximum Gasteiger partial charge on any atom is 0.168 e. The van der Waals surface area contributed by atoms with Gasteiger partial charge in [-0.15, -0.1) is 0 Å². The summed E-state index contributed by atoms with van der Waals surface area (Å²) in [5.41, 5.74) is 2.75. The summed E-state index contributed by atoms with van der Waals surface area (Å²) in [6, 6.07) is 0. The Morgan fingerprint density at radius 3 is 2.88 bits per heavy atom. The molecule has 1 aromatic heterocycles. The molecule has 0 radical (unpaired) electrons. The van der Waals surface area contributed by atoms with Crippen LogP contribution in [0.5, 0.6) is 0 Å². The zero-order valence-corrected chi connectivity index (χ0v) is 9.44. The van der Waals surface area contributed by atoms with E-state index in [4.69, 9.17) is 0 Å². The highest BCUT2D eigenvalue weighted by atomic mass is 16.1. The molecule has 0 spiro atoms. The molecule has 1 aliphatic heterocycles. The van der Waals surface area contributed by atoms with Crippen molar-refractivity contribution in [2.75, 3.05) is 13.6 Å². The molecule has 0 saturated heterocycles. The number of hydrogen-bond acceptors (Lipinski definition) is 4. The lowest BCUT2D eigenvalue weighted by atomic mass is 10.0. The zero-order valence-electron chi connectivity index (χ0n) is 9.44. The molecule has 1 aliphatic carbocycles. The highest BCUT2D eigenvalue weighted by molar-refractivity contribution is 5.74. The van der Waals surface area contributed by atoms with Crippen LogP contribution >= 0.6 is 0 Å². The van der Waals surface area contributed by atoms with Crippen LogP contribution in [0, 0.1) is 0 Å². The minimum absolute atomic E-state index is 0.510. The van der Waals surface area contributed by atoms with Gasteiger partial charge in [-0.05, 0) is 26.3 Å². The molecule has 3 rings (SSSR count). The second kappa shape index (κ2) is 3.63. The van der Waals surface area contributed by atoms with Crippen molar-refractivity contribution < 1.29 is 4.79 Å². The van der Waals surface area contributed by atoms with Gasteiger partial charge in [-0.1, -0.05) is 0 Å². The van der Waals surface area contributed by atoms with Gasteiger partial charge in [0.05, 0.1) is 5.69 Å². The molecular formula is C12H15N3O. The first-order valence-electron chi connectivity index (χ1n) is 5.81. The highest BCUT2D eigenvalue weighted by Gasteiger charge is 2.29. The number of carbonyl (C=O) groups excluding carboxylic acids is 1. The third-order valence-corrected chi connectivity index (χ3v) is 3.36. The van der Waals surface area contributed by atoms with Crippen LogP contribution in [0.25, 0.3) is 0 Å². The average molecular weight is 217 g/mol. The number of hydrogen-bond donors (Lipinski definition) is 0. The summed E-state index contributed by atoms with van der Waals surface area (Å²) in [6.45, 7) is 1.83. The Hall–Kier alpha value is -1.29. The third-order valence-electron chi connectivity index (χ3n) is 3.36. The molecule has 2 heterocycles. The summed E-state index contributed by atoms with van der Waals surface area (Å²) in [5, 5.41) is 0. The van der Waals surface area contributed by atoms with Crippen molar-refractivity contribution in [3.8, 4) is 0 Å². The molecule has 1 fully saturated rings. The minimum atomic E-state index is 0.510. The Labute approximate surface area is 94.7 Å². The Morgan fingerprint density at radius 1 is 1.38 bits per heavy atom. The van der Waals surface area contributed by atoms with E-state index in [1.807, 2.05) is 0 Å². The van der Waals surface area contributed by atoms with Crippen LogP contribution in [0.1, 0.15) is 46.3 Å². The van der Waals surface area contributed by atoms with Gasteiger partial charge in [-0.2, -0.15) is 0 Å². The number of fused-ring (bicyclic) bond motifs is 1. The van der Waals surface area contributed by atoms with Crippen molar-refractivity contribution in [1.82, 2.24) is 14.9 Å². The Balaban J connectivity index is 2.07. The number of rotatable bonds is 2. The summed E-state index contributed by atoms with van der Waals surface area (Å²) in [7, 11) is 2.09. The van der Waals surface area contributed by atoms with Gasteiger partial charge in [0, 0.05) is 24.6 Å². The van der Waals surface area contributed by atoms with Gasteiger partial charge in [0.1, 0.15) is 11.5 Å². The first-order chi connectivity index (χ1) is 7.78. The van der Waals surface area contributed by atoms with Gasteiger partial charge in [-0.25, -0.2) is 9.97 Å². The quantitative estimate of drug-likeness (QED) is 0.697. The van der Waals surface area contributed by atoms with Gasteiger partial charge in [0.2, 0.25) is 0 Å². The third kappa shape index (κ3) is 1.63. The second-order valence-electron chi connectivity index (χ2n) is 4.77. The predicted molar refractivity (Wildman–Crippen MR) is 59.4 cm³/mol. The molecule has 16 heavy (non-hydrogen) atoms. The molecule has 0 bridgehead atoms. The summed E-state index contributed by atoms with van der Waals surface area (Å²) in [4.78, 5) is 22.3. The van der Waals surface area contributed by atoms with Crippen LogP contribution in [0.4, 0.5) is 0 Å². The lowest BCUT2D eigenvalue weighted by molar-refractivity contribution is 0.111. The highest BCUT2D eigenvalue weighted by Crippen LogP contribution is 2.38. The summed E-state index contributed by atoms with van der Waals surface area (Å²) in [6.07, 6.45) is 4.13. The zero-order chi connectivity index (χ0) is 11.1. The first-order valence-corrected chi connectivity index (χ1v) is 5.81. The molecule has 0 aromatic carbocycles. The van der Waals surface area contributed by atoms with Crippen LogP contribution in [0.3, 0.4) is 0 Å². The van der Waals surface area contributed by atoms with Crippen LogP contribution < -0.4 is 0 Å². The summed E-state index contributed by atoms with van der Waals surface area (Å²) >= 11 is 0. The Kier molecular flexibility index (Phi) is 2.24. The van der Waals surface area contributed by atoms with E-state index >= 15 is 0 Å². The van der Waals surface area contributed by atoms with E-state index < -0.39 is 0 Å². The Bertz CT molecular complexity index is 440. The van der Waals surface area contributed by atoms with Crippen LogP contribution in [-0.2, 0) is 13.0 Å². The molecule has 2 aliphatic rings. The lowest BCUT2D eigenvalue weighted by Gasteiger charge is -2.25. The smallest absolute Gasteiger partial charge is 0.168 e. The van der Waals surface area contributed by atoms with Crippen LogP contribution in [0.15, 0.2) is 0 Å². The van der Waals surface area contributed by atoms with Crippen molar-refractivity contribution >= 4 is 6.29 Å². The van der Waals surface area contributed by atoms with E-state index in [1.165, 1.54) is 12.8 Å². The van der Waals surface area contributed by atoms with Gasteiger partial charge < -0.3 is 4.90 Å². The fraction of sp³-hybridized carbons (Fsp3) is 0.583. The molecule has 0 unspecified atom stereocenters. The van der Waals surface area contributed by atoms with Crippen LogP contribution in [-0.4, -0.2) is 34.7 Å². The normalized spacial score (nSPS) is 20.6. The number of aldehydes is 1. The summed E-state index contributed by atoms with van der Waals surface area (Å²) < 4.78 is 0. The van der Waals surface area contributed by atoms with Gasteiger partial charge >= 0.3 is 0 Å². The van der Waals surface area contributed by atoms with E-state index in [0.717, 1.165) is 42.9 Å². The topological polar surface area (TPSA) is 46.1 Å². The molecule has 84 valence electrons. The second-order valence-corrected chi connectivity index (χ2v) is 4.77. The number of aromatic nitrogens is 2. The summed E-state index contributed by atoms with van der Waals surface area (Å²) in [5.74, 6) is 1.40. The van der Waals surface area contributed by atoms with Crippen molar-refractivity contribution in [1.29, 1.82) is 0 Å². The maximum absolute atomic E-state index is 11.1. The van der Waals surface area contributed by atoms with Crippen molar-refractivity contribution in [3.63, 3.8) is 0 Å². The van der Waals surface area contributed by atoms with Gasteiger partial charge in [0.15, 0.2) is 6.29 Å². The van der Waals surface area contributed by atoms with Crippen molar-refractivity contribution in [3.05, 3.63) is 22.8 Å². The molecule has 0 atom stereocenters. The molecule has 4 nitrogen and oxygen atoms in total. The monoisotopic (exact) mass is 217 g/mol. The predicted octanol–water partition coefficient (Wildman–Crippen LogP) is 1.15. The minimum Gasteiger partial charge on any atom is -0.300 e. The van der Waals surface area contributed by atoms with Gasteiger partial charge in [0.25, 0.3) is 0 Å². The number of likely N-dealkylation sites (N-methyl/N-ethyl adjacent to an activating group) is 1. The van der Waals surface area contributed by atoms with Crippen LogP contribution in [0.2, 0.25) is 0 Å². The van der Waals surface area contributed by atoms with E-state index in [0.29, 0.717) is 11.6 Å². The van der Waals surface area contributed by atoms with Crippen molar-refractivity contribution in [2.45, 2.75) is 31.7 Å². The first kappa shape index (κ1) is 9.90. The molecule has 4 heteroatoms. The van der Waals surface area contributed by atoms with E-state index in [-0.39, 0.29) is 0 Å². The lowest BCUT2D eigenvalue weighted by Crippen LogP contribution is -2.29. The molecular weight excluding hydrogens is 202 g/mol. The molecule has 0 amide bonds. The van der Waals surface area contributed by atoms with Gasteiger partial charge in [-0.3, -0.25) is 4.79 Å². The number of nitrogens with zero attached hydrogens (tertiary/aromatic N) is 3. The van der Waals surface area contributed by atoms with E-state index in [9.17, 15) is 4.79 Å². The van der Waals surface area contributed by atoms with E-state index in [1.54, 1.807) is 0 Å². The SMILES string of the molecule is CN1CCc2c(C=O)nc(C3CC3)nc2C1.